The van der Waals surface area contributed by atoms with Gasteiger partial charge in [-0.1, -0.05) is 30.7 Å². The number of anilines is 2. The second-order valence-electron chi connectivity index (χ2n) is 10.5. The number of benzene rings is 3. The van der Waals surface area contributed by atoms with Gasteiger partial charge in [0.15, 0.2) is 5.75 Å². The van der Waals surface area contributed by atoms with E-state index < -0.39 is 39.9 Å². The summed E-state index contributed by atoms with van der Waals surface area (Å²) in [4.78, 5) is 28.2. The monoisotopic (exact) mass is 598 g/mol. The number of rotatable bonds is 8. The molecule has 0 aromatic heterocycles. The highest BCUT2D eigenvalue weighted by molar-refractivity contribution is 7.89. The Morgan fingerprint density at radius 1 is 1.12 bits per heavy atom. The Kier molecular flexibility index (Phi) is 9.50. The summed E-state index contributed by atoms with van der Waals surface area (Å²) >= 11 is 0. The van der Waals surface area contributed by atoms with Crippen LogP contribution < -0.4 is 15.4 Å². The second kappa shape index (κ2) is 12.9. The average molecular weight is 599 g/mol. The molecule has 1 aliphatic rings. The van der Waals surface area contributed by atoms with Crippen LogP contribution >= 0.6 is 0 Å². The number of aliphatic hydroxyl groups is 1. The standard InChI is InChI=1S/C30H35FN4O6S/c1-19-8-14-24(15-9-19)42(39,40)34(4)17-27-20(2)16-35(21(3)18-36)29(37)25-6-5-7-26(28(25)41-27)33-30(38)32-23-12-10-22(31)11-13-23/h5-15,20-21,27,36H,16-18H2,1-4H3,(H2,32,33,38)/t20-,21-,27-/m1/s1. The van der Waals surface area contributed by atoms with Gasteiger partial charge in [-0.05, 0) is 62.4 Å². The highest BCUT2D eigenvalue weighted by atomic mass is 32.2. The highest BCUT2D eigenvalue weighted by Crippen LogP contribution is 2.35. The van der Waals surface area contributed by atoms with Crippen molar-refractivity contribution in [2.45, 2.75) is 37.8 Å². The number of nitrogens with zero attached hydrogens (tertiary/aromatic N) is 2. The predicted molar refractivity (Wildman–Crippen MR) is 158 cm³/mol. The zero-order chi connectivity index (χ0) is 30.6. The number of ether oxygens (including phenoxy) is 1. The number of fused-ring (bicyclic) bond motifs is 1. The van der Waals surface area contributed by atoms with E-state index in [0.29, 0.717) is 5.69 Å². The number of carbonyl (C=O) groups excluding carboxylic acids is 2. The molecule has 0 saturated carbocycles. The number of aliphatic hydroxyl groups excluding tert-OH is 1. The number of halogens is 1. The van der Waals surface area contributed by atoms with Gasteiger partial charge >= 0.3 is 6.03 Å². The third-order valence-electron chi connectivity index (χ3n) is 7.21. The van der Waals surface area contributed by atoms with Crippen molar-refractivity contribution in [3.05, 3.63) is 83.7 Å². The summed E-state index contributed by atoms with van der Waals surface area (Å²) in [6, 6.07) is 15.3. The third kappa shape index (κ3) is 6.89. The fourth-order valence-corrected chi connectivity index (χ4v) is 5.80. The summed E-state index contributed by atoms with van der Waals surface area (Å²) in [5.41, 5.74) is 1.61. The minimum atomic E-state index is -3.86. The summed E-state index contributed by atoms with van der Waals surface area (Å²) in [5, 5.41) is 15.2. The molecule has 4 rings (SSSR count). The fraction of sp³-hybridized carbons (Fsp3) is 0.333. The smallest absolute Gasteiger partial charge is 0.323 e. The van der Waals surface area contributed by atoms with Crippen molar-refractivity contribution in [1.82, 2.24) is 9.21 Å². The van der Waals surface area contributed by atoms with E-state index >= 15 is 0 Å². The first-order valence-electron chi connectivity index (χ1n) is 13.5. The maximum Gasteiger partial charge on any atom is 0.323 e. The van der Waals surface area contributed by atoms with Crippen LogP contribution in [0.25, 0.3) is 0 Å². The maximum atomic E-state index is 13.7. The molecule has 42 heavy (non-hydrogen) atoms. The van der Waals surface area contributed by atoms with Crippen molar-refractivity contribution < 1.29 is 32.2 Å². The molecule has 0 spiro atoms. The lowest BCUT2D eigenvalue weighted by Crippen LogP contribution is -2.50. The van der Waals surface area contributed by atoms with Gasteiger partial charge in [0.05, 0.1) is 35.3 Å². The van der Waals surface area contributed by atoms with Crippen LogP contribution in [-0.4, -0.2) is 73.6 Å². The van der Waals surface area contributed by atoms with Crippen LogP contribution in [-0.2, 0) is 10.0 Å². The van der Waals surface area contributed by atoms with Gasteiger partial charge < -0.3 is 25.4 Å². The Labute approximate surface area is 245 Å². The van der Waals surface area contributed by atoms with E-state index in [0.717, 1.165) is 5.56 Å². The first kappa shape index (κ1) is 30.9. The first-order valence-corrected chi connectivity index (χ1v) is 14.9. The second-order valence-corrected chi connectivity index (χ2v) is 12.5. The Balaban J connectivity index is 1.68. The fourth-order valence-electron chi connectivity index (χ4n) is 4.62. The summed E-state index contributed by atoms with van der Waals surface area (Å²) < 4.78 is 47.7. The van der Waals surface area contributed by atoms with Crippen molar-refractivity contribution >= 4 is 33.3 Å². The lowest BCUT2D eigenvalue weighted by Gasteiger charge is -2.38. The molecule has 3 aromatic carbocycles. The largest absolute Gasteiger partial charge is 0.486 e. The molecule has 224 valence electrons. The lowest BCUT2D eigenvalue weighted by atomic mass is 9.99. The minimum absolute atomic E-state index is 0.0531. The Morgan fingerprint density at radius 2 is 1.79 bits per heavy atom. The van der Waals surface area contributed by atoms with Gasteiger partial charge in [0.25, 0.3) is 5.91 Å². The van der Waals surface area contributed by atoms with E-state index in [9.17, 15) is 27.5 Å². The summed E-state index contributed by atoms with van der Waals surface area (Å²) in [6.45, 7) is 5.29. The number of nitrogens with one attached hydrogen (secondary N) is 2. The summed E-state index contributed by atoms with van der Waals surface area (Å²) in [5.74, 6) is -1.15. The number of urea groups is 1. The zero-order valence-electron chi connectivity index (χ0n) is 23.9. The van der Waals surface area contributed by atoms with Crippen LogP contribution in [0.3, 0.4) is 0 Å². The molecule has 0 saturated heterocycles. The third-order valence-corrected chi connectivity index (χ3v) is 9.05. The van der Waals surface area contributed by atoms with E-state index in [1.807, 2.05) is 13.8 Å². The molecule has 3 atom stereocenters. The van der Waals surface area contributed by atoms with Crippen LogP contribution in [0, 0.1) is 18.7 Å². The van der Waals surface area contributed by atoms with E-state index in [1.54, 1.807) is 49.4 Å². The molecule has 10 nitrogen and oxygen atoms in total. The molecular formula is C30H35FN4O6S. The van der Waals surface area contributed by atoms with Crippen LogP contribution in [0.4, 0.5) is 20.6 Å². The van der Waals surface area contributed by atoms with Crippen LogP contribution in [0.5, 0.6) is 5.75 Å². The molecule has 3 aromatic rings. The molecule has 3 N–H and O–H groups in total. The molecule has 0 unspecified atom stereocenters. The van der Waals surface area contributed by atoms with Gasteiger partial charge in [-0.15, -0.1) is 0 Å². The van der Waals surface area contributed by atoms with Crippen molar-refractivity contribution in [3.8, 4) is 5.75 Å². The highest BCUT2D eigenvalue weighted by Gasteiger charge is 2.36. The lowest BCUT2D eigenvalue weighted by molar-refractivity contribution is 0.0389. The molecule has 0 bridgehead atoms. The van der Waals surface area contributed by atoms with E-state index in [1.165, 1.54) is 40.5 Å². The van der Waals surface area contributed by atoms with E-state index in [2.05, 4.69) is 10.6 Å². The molecule has 1 heterocycles. The van der Waals surface area contributed by atoms with E-state index in [-0.39, 0.29) is 47.5 Å². The molecule has 0 aliphatic carbocycles. The SMILES string of the molecule is Cc1ccc(S(=O)(=O)N(C)C[C@H]2Oc3c(NC(=O)Nc4ccc(F)cc4)cccc3C(=O)N([C@H](C)CO)C[C@H]2C)cc1. The van der Waals surface area contributed by atoms with Crippen molar-refractivity contribution in [2.24, 2.45) is 5.92 Å². The summed E-state index contributed by atoms with van der Waals surface area (Å²) in [7, 11) is -2.40. The minimum Gasteiger partial charge on any atom is -0.486 e. The number of aryl methyl sites for hydroxylation is 1. The number of hydrogen-bond donors (Lipinski definition) is 3. The molecule has 0 radical (unpaired) electrons. The first-order chi connectivity index (χ1) is 19.9. The van der Waals surface area contributed by atoms with Crippen LogP contribution in [0.1, 0.15) is 29.8 Å². The molecular weight excluding hydrogens is 563 g/mol. The van der Waals surface area contributed by atoms with Gasteiger partial charge in [0.2, 0.25) is 10.0 Å². The van der Waals surface area contributed by atoms with Crippen LogP contribution in [0.2, 0.25) is 0 Å². The van der Waals surface area contributed by atoms with Crippen molar-refractivity contribution in [3.63, 3.8) is 0 Å². The normalized spacial score (nSPS) is 18.0. The van der Waals surface area contributed by atoms with Crippen LogP contribution in [0.15, 0.2) is 71.6 Å². The van der Waals surface area contributed by atoms with Gasteiger partial charge in [-0.2, -0.15) is 4.31 Å². The number of carbonyl (C=O) groups is 2. The maximum absolute atomic E-state index is 13.7. The zero-order valence-corrected chi connectivity index (χ0v) is 24.7. The van der Waals surface area contributed by atoms with Gasteiger partial charge in [-0.25, -0.2) is 17.6 Å². The molecule has 3 amide bonds. The molecule has 1 aliphatic heterocycles. The van der Waals surface area contributed by atoms with Crippen molar-refractivity contribution in [2.75, 3.05) is 37.4 Å². The van der Waals surface area contributed by atoms with Gasteiger partial charge in [0, 0.05) is 25.2 Å². The topological polar surface area (TPSA) is 128 Å². The Morgan fingerprint density at radius 3 is 2.43 bits per heavy atom. The molecule has 12 heteroatoms. The van der Waals surface area contributed by atoms with Gasteiger partial charge in [0.1, 0.15) is 11.9 Å². The Hall–Kier alpha value is -4.00. The number of hydrogen-bond acceptors (Lipinski definition) is 6. The average Bonchev–Trinajstić information content (AvgIpc) is 2.96. The Bertz CT molecular complexity index is 1530. The van der Waals surface area contributed by atoms with Gasteiger partial charge in [-0.3, -0.25) is 4.79 Å². The molecule has 0 fully saturated rings. The number of amides is 3. The van der Waals surface area contributed by atoms with Crippen molar-refractivity contribution in [1.29, 1.82) is 0 Å². The number of sulfonamides is 1. The predicted octanol–water partition coefficient (Wildman–Crippen LogP) is 4.32. The summed E-state index contributed by atoms with van der Waals surface area (Å²) in [6.07, 6.45) is -0.737. The van der Waals surface area contributed by atoms with E-state index in [4.69, 9.17) is 4.74 Å². The quantitative estimate of drug-likeness (QED) is 0.354. The number of para-hydroxylation sites is 1. The number of likely N-dealkylation sites (N-methyl/N-ethyl adjacent to an activating group) is 1.